The van der Waals surface area contributed by atoms with Crippen LogP contribution in [0.15, 0.2) is 0 Å². The molecular weight excluding hydrogens is 242 g/mol. The fourth-order valence-electron chi connectivity index (χ4n) is 2.08. The van der Waals surface area contributed by atoms with Crippen molar-refractivity contribution in [2.75, 3.05) is 7.05 Å². The van der Waals surface area contributed by atoms with Gasteiger partial charge in [0.05, 0.1) is 5.69 Å². The van der Waals surface area contributed by atoms with E-state index >= 15 is 0 Å². The summed E-state index contributed by atoms with van der Waals surface area (Å²) in [5.41, 5.74) is 2.69. The Hall–Kier alpha value is -1.36. The van der Waals surface area contributed by atoms with Gasteiger partial charge in [0.2, 0.25) is 0 Å². The highest BCUT2D eigenvalue weighted by Gasteiger charge is 2.30. The maximum absolute atomic E-state index is 11.1. The van der Waals surface area contributed by atoms with E-state index < -0.39 is 11.5 Å². The Balaban J connectivity index is 2.47. The van der Waals surface area contributed by atoms with Crippen LogP contribution in [0.25, 0.3) is 0 Å². The Morgan fingerprint density at radius 1 is 1.37 bits per heavy atom. The summed E-state index contributed by atoms with van der Waals surface area (Å²) in [6.45, 7) is 8.74. The molecule has 1 unspecified atom stereocenters. The highest BCUT2D eigenvalue weighted by molar-refractivity contribution is 5.78. The zero-order chi connectivity index (χ0) is 14.6. The molecule has 0 saturated carbocycles. The maximum atomic E-state index is 11.1. The second-order valence-electron chi connectivity index (χ2n) is 5.36. The summed E-state index contributed by atoms with van der Waals surface area (Å²) < 4.78 is 2.02. The first kappa shape index (κ1) is 15.7. The molecule has 0 amide bonds. The van der Waals surface area contributed by atoms with Crippen molar-refractivity contribution in [3.63, 3.8) is 0 Å². The lowest BCUT2D eigenvalue weighted by Gasteiger charge is -2.23. The number of carboxylic acids is 1. The number of likely N-dealkylation sites (N-methyl/N-ethyl adjacent to an activating group) is 1. The fraction of sp³-hybridized carbons (Fsp3) is 0.714. The highest BCUT2D eigenvalue weighted by Crippen LogP contribution is 2.16. The van der Waals surface area contributed by atoms with Gasteiger partial charge in [-0.1, -0.05) is 0 Å². The van der Waals surface area contributed by atoms with Crippen molar-refractivity contribution in [3.05, 3.63) is 17.0 Å². The first-order chi connectivity index (χ1) is 8.81. The molecule has 5 heteroatoms. The predicted octanol–water partition coefficient (Wildman–Crippen LogP) is 2.04. The Labute approximate surface area is 115 Å². The number of nitrogens with one attached hydrogen (secondary N) is 1. The molecule has 1 heterocycles. The van der Waals surface area contributed by atoms with Gasteiger partial charge in [0.1, 0.15) is 5.54 Å². The largest absolute Gasteiger partial charge is 0.480 e. The van der Waals surface area contributed by atoms with Gasteiger partial charge in [-0.2, -0.15) is 5.10 Å². The summed E-state index contributed by atoms with van der Waals surface area (Å²) in [6.07, 6.45) is 2.42. The topological polar surface area (TPSA) is 67.2 Å². The van der Waals surface area contributed by atoms with E-state index in [-0.39, 0.29) is 0 Å². The van der Waals surface area contributed by atoms with Crippen LogP contribution in [0.5, 0.6) is 0 Å². The van der Waals surface area contributed by atoms with E-state index in [1.807, 2.05) is 11.6 Å². The van der Waals surface area contributed by atoms with Gasteiger partial charge in [0.15, 0.2) is 0 Å². The van der Waals surface area contributed by atoms with E-state index in [1.165, 1.54) is 11.3 Å². The number of aromatic nitrogens is 2. The van der Waals surface area contributed by atoms with Crippen LogP contribution >= 0.6 is 0 Å². The lowest BCUT2D eigenvalue weighted by molar-refractivity contribution is -0.144. The molecule has 1 atom stereocenters. The average molecular weight is 267 g/mol. The third-order valence-corrected chi connectivity index (χ3v) is 4.06. The van der Waals surface area contributed by atoms with Crippen molar-refractivity contribution in [3.8, 4) is 0 Å². The summed E-state index contributed by atoms with van der Waals surface area (Å²) in [7, 11) is 1.69. The molecule has 108 valence electrons. The van der Waals surface area contributed by atoms with Crippen LogP contribution in [-0.2, 0) is 11.3 Å². The quantitative estimate of drug-likeness (QED) is 0.742. The smallest absolute Gasteiger partial charge is 0.323 e. The number of aliphatic carboxylic acids is 1. The van der Waals surface area contributed by atoms with Crippen LogP contribution in [0.4, 0.5) is 0 Å². The molecule has 1 aromatic heterocycles. The van der Waals surface area contributed by atoms with Gasteiger partial charge in [-0.15, -0.1) is 0 Å². The van der Waals surface area contributed by atoms with Crippen molar-refractivity contribution in [2.24, 2.45) is 0 Å². The van der Waals surface area contributed by atoms with E-state index in [9.17, 15) is 4.79 Å². The van der Waals surface area contributed by atoms with Crippen molar-refractivity contribution in [1.29, 1.82) is 0 Å². The van der Waals surface area contributed by atoms with E-state index in [0.29, 0.717) is 6.42 Å². The van der Waals surface area contributed by atoms with Gasteiger partial charge in [0, 0.05) is 12.2 Å². The first-order valence-electron chi connectivity index (χ1n) is 6.74. The maximum Gasteiger partial charge on any atom is 0.323 e. The van der Waals surface area contributed by atoms with Crippen LogP contribution in [0, 0.1) is 20.8 Å². The van der Waals surface area contributed by atoms with Crippen molar-refractivity contribution in [1.82, 2.24) is 15.1 Å². The normalized spacial score (nSPS) is 14.4. The van der Waals surface area contributed by atoms with Crippen LogP contribution in [0.2, 0.25) is 0 Å². The molecule has 19 heavy (non-hydrogen) atoms. The molecule has 0 fully saturated rings. The van der Waals surface area contributed by atoms with Crippen LogP contribution < -0.4 is 5.32 Å². The number of rotatable bonds is 7. The van der Waals surface area contributed by atoms with Gasteiger partial charge >= 0.3 is 5.97 Å². The highest BCUT2D eigenvalue weighted by atomic mass is 16.4. The van der Waals surface area contributed by atoms with Gasteiger partial charge in [-0.05, 0) is 59.6 Å². The molecule has 0 aromatic carbocycles. The summed E-state index contributed by atoms with van der Waals surface area (Å²) >= 11 is 0. The third kappa shape index (κ3) is 3.56. The zero-order valence-corrected chi connectivity index (χ0v) is 12.6. The Morgan fingerprint density at radius 3 is 2.42 bits per heavy atom. The van der Waals surface area contributed by atoms with E-state index in [2.05, 4.69) is 24.3 Å². The molecule has 1 aromatic rings. The Bertz CT molecular complexity index is 454. The summed E-state index contributed by atoms with van der Waals surface area (Å²) in [5.74, 6) is -0.794. The molecule has 5 nitrogen and oxygen atoms in total. The van der Waals surface area contributed by atoms with E-state index in [1.54, 1.807) is 14.0 Å². The lowest BCUT2D eigenvalue weighted by Crippen LogP contribution is -2.47. The zero-order valence-electron chi connectivity index (χ0n) is 12.6. The second-order valence-corrected chi connectivity index (χ2v) is 5.36. The van der Waals surface area contributed by atoms with Crippen molar-refractivity contribution < 1.29 is 9.90 Å². The molecule has 2 N–H and O–H groups in total. The fourth-order valence-corrected chi connectivity index (χ4v) is 2.08. The number of unbranched alkanes of at least 4 members (excludes halogenated alkanes) is 1. The number of hydrogen-bond donors (Lipinski definition) is 2. The van der Waals surface area contributed by atoms with Crippen LogP contribution in [0.1, 0.15) is 43.1 Å². The standard InChI is InChI=1S/C14H25N3O2/c1-10-11(2)16-17(12(10)3)9-7-6-8-14(4,15-5)13(18)19/h15H,6-9H2,1-5H3,(H,18,19). The van der Waals surface area contributed by atoms with Gasteiger partial charge in [0.25, 0.3) is 0 Å². The SMILES string of the molecule is CNC(C)(CCCCn1nc(C)c(C)c1C)C(=O)O. The van der Waals surface area contributed by atoms with Crippen LogP contribution in [0.3, 0.4) is 0 Å². The molecule has 1 rings (SSSR count). The Morgan fingerprint density at radius 2 is 2.00 bits per heavy atom. The molecule has 0 radical (unpaired) electrons. The van der Waals surface area contributed by atoms with Gasteiger partial charge in [-0.25, -0.2) is 0 Å². The number of hydrogen-bond acceptors (Lipinski definition) is 3. The summed E-state index contributed by atoms with van der Waals surface area (Å²) in [5, 5.41) is 16.5. The molecule has 0 saturated heterocycles. The Kier molecular flexibility index (Phi) is 5.11. The van der Waals surface area contributed by atoms with E-state index in [0.717, 1.165) is 25.1 Å². The lowest BCUT2D eigenvalue weighted by atomic mass is 9.95. The molecule has 0 bridgehead atoms. The molecule has 0 spiro atoms. The minimum absolute atomic E-state index is 0.622. The second kappa shape index (κ2) is 6.19. The number of nitrogens with zero attached hydrogens (tertiary/aromatic N) is 2. The van der Waals surface area contributed by atoms with Gasteiger partial charge < -0.3 is 10.4 Å². The average Bonchev–Trinajstić information content (AvgIpc) is 2.61. The van der Waals surface area contributed by atoms with Gasteiger partial charge in [-0.3, -0.25) is 9.48 Å². The monoisotopic (exact) mass is 267 g/mol. The minimum atomic E-state index is -0.828. The van der Waals surface area contributed by atoms with Crippen molar-refractivity contribution >= 4 is 5.97 Å². The molecule has 0 aliphatic carbocycles. The number of carboxylic acid groups (broad SMARTS) is 1. The van der Waals surface area contributed by atoms with Crippen LogP contribution in [-0.4, -0.2) is 33.4 Å². The van der Waals surface area contributed by atoms with E-state index in [4.69, 9.17) is 5.11 Å². The minimum Gasteiger partial charge on any atom is -0.480 e. The summed E-state index contributed by atoms with van der Waals surface area (Å²) in [6, 6.07) is 0. The first-order valence-corrected chi connectivity index (χ1v) is 6.74. The molecule has 0 aliphatic heterocycles. The molecular formula is C14H25N3O2. The summed E-state index contributed by atoms with van der Waals surface area (Å²) in [4.78, 5) is 11.1. The predicted molar refractivity (Wildman–Crippen MR) is 75.4 cm³/mol. The number of carbonyl (C=O) groups is 1. The number of aryl methyl sites for hydroxylation is 2. The third-order valence-electron chi connectivity index (χ3n) is 4.06. The van der Waals surface area contributed by atoms with Crippen molar-refractivity contribution in [2.45, 2.75) is 59.0 Å². The molecule has 0 aliphatic rings.